The molecule has 25 heavy (non-hydrogen) atoms. The SMILES string of the molecule is Cc1cccc(-c2nc3scc(-c4cccs4)c3c(=O)n2CCF)c1. The van der Waals surface area contributed by atoms with Gasteiger partial charge in [0.2, 0.25) is 0 Å². The minimum Gasteiger partial charge on any atom is -0.289 e. The van der Waals surface area contributed by atoms with Crippen LogP contribution in [0.3, 0.4) is 0 Å². The molecule has 3 aromatic heterocycles. The van der Waals surface area contributed by atoms with E-state index in [2.05, 4.69) is 0 Å². The number of fused-ring (bicyclic) bond motifs is 1. The Labute approximate surface area is 152 Å². The van der Waals surface area contributed by atoms with Gasteiger partial charge in [-0.3, -0.25) is 9.36 Å². The first-order chi connectivity index (χ1) is 12.2. The smallest absolute Gasteiger partial charge is 0.263 e. The van der Waals surface area contributed by atoms with Gasteiger partial charge in [-0.15, -0.1) is 22.7 Å². The van der Waals surface area contributed by atoms with Gasteiger partial charge in [-0.1, -0.05) is 29.8 Å². The van der Waals surface area contributed by atoms with Gasteiger partial charge in [-0.25, -0.2) is 9.37 Å². The second kappa shape index (κ2) is 6.54. The number of nitrogens with zero attached hydrogens (tertiary/aromatic N) is 2. The van der Waals surface area contributed by atoms with Crippen molar-refractivity contribution in [2.45, 2.75) is 13.5 Å². The van der Waals surface area contributed by atoms with Gasteiger partial charge in [0.05, 0.1) is 11.9 Å². The molecule has 0 N–H and O–H groups in total. The summed E-state index contributed by atoms with van der Waals surface area (Å²) in [5.74, 6) is 0.526. The number of benzene rings is 1. The lowest BCUT2D eigenvalue weighted by Gasteiger charge is -2.12. The zero-order valence-corrected chi connectivity index (χ0v) is 15.2. The molecule has 0 atom stereocenters. The highest BCUT2D eigenvalue weighted by atomic mass is 32.1. The summed E-state index contributed by atoms with van der Waals surface area (Å²) in [6.07, 6.45) is 0. The van der Waals surface area contributed by atoms with Crippen LogP contribution in [0, 0.1) is 6.92 Å². The van der Waals surface area contributed by atoms with E-state index in [4.69, 9.17) is 4.98 Å². The van der Waals surface area contributed by atoms with Crippen LogP contribution in [0.1, 0.15) is 5.56 Å². The van der Waals surface area contributed by atoms with Crippen molar-refractivity contribution in [2.24, 2.45) is 0 Å². The van der Waals surface area contributed by atoms with Gasteiger partial charge in [0.25, 0.3) is 5.56 Å². The highest BCUT2D eigenvalue weighted by Gasteiger charge is 2.18. The van der Waals surface area contributed by atoms with E-state index >= 15 is 0 Å². The molecule has 0 amide bonds. The Balaban J connectivity index is 2.02. The second-order valence-corrected chi connectivity index (χ2v) is 7.56. The molecule has 1 aromatic carbocycles. The highest BCUT2D eigenvalue weighted by Crippen LogP contribution is 2.34. The summed E-state index contributed by atoms with van der Waals surface area (Å²) in [7, 11) is 0. The molecule has 3 nitrogen and oxygen atoms in total. The number of hydrogen-bond donors (Lipinski definition) is 0. The zero-order valence-electron chi connectivity index (χ0n) is 13.5. The van der Waals surface area contributed by atoms with Gasteiger partial charge < -0.3 is 0 Å². The Kier molecular flexibility index (Phi) is 4.23. The molecule has 6 heteroatoms. The van der Waals surface area contributed by atoms with Crippen LogP contribution in [0.5, 0.6) is 0 Å². The summed E-state index contributed by atoms with van der Waals surface area (Å²) in [5.41, 5.74) is 2.61. The molecule has 0 unspecified atom stereocenters. The van der Waals surface area contributed by atoms with E-state index in [-0.39, 0.29) is 12.1 Å². The first-order valence-electron chi connectivity index (χ1n) is 7.88. The number of rotatable bonds is 4. The van der Waals surface area contributed by atoms with Crippen LogP contribution >= 0.6 is 22.7 Å². The van der Waals surface area contributed by atoms with Crippen molar-refractivity contribution in [1.29, 1.82) is 0 Å². The van der Waals surface area contributed by atoms with E-state index in [0.717, 1.165) is 21.6 Å². The maximum atomic E-state index is 13.2. The molecule has 0 saturated carbocycles. The molecule has 0 aliphatic heterocycles. The summed E-state index contributed by atoms with van der Waals surface area (Å²) in [5, 5.41) is 4.52. The molecule has 0 aliphatic rings. The first-order valence-corrected chi connectivity index (χ1v) is 9.64. The van der Waals surface area contributed by atoms with Crippen molar-refractivity contribution >= 4 is 32.9 Å². The Morgan fingerprint density at radius 3 is 2.80 bits per heavy atom. The van der Waals surface area contributed by atoms with Gasteiger partial charge in [0.1, 0.15) is 17.3 Å². The predicted molar refractivity (Wildman–Crippen MR) is 103 cm³/mol. The maximum Gasteiger partial charge on any atom is 0.263 e. The zero-order chi connectivity index (χ0) is 17.4. The number of halogens is 1. The average molecular weight is 370 g/mol. The molecule has 0 aliphatic carbocycles. The maximum absolute atomic E-state index is 13.2. The number of alkyl halides is 1. The van der Waals surface area contributed by atoms with Gasteiger partial charge in [0, 0.05) is 21.4 Å². The molecular weight excluding hydrogens is 355 g/mol. The summed E-state index contributed by atoms with van der Waals surface area (Å²) in [4.78, 5) is 19.6. The molecule has 126 valence electrons. The van der Waals surface area contributed by atoms with Gasteiger partial charge in [-0.05, 0) is 24.4 Å². The molecular formula is C19H15FN2OS2. The first kappa shape index (κ1) is 16.2. The monoisotopic (exact) mass is 370 g/mol. The standard InChI is InChI=1S/C19H15FN2OS2/c1-12-4-2-5-13(10-12)17-21-18-16(19(23)22(17)8-7-20)14(11-25-18)15-6-3-9-24-15/h2-6,9-11H,7-8H2,1H3. The van der Waals surface area contributed by atoms with Gasteiger partial charge in [-0.2, -0.15) is 0 Å². The Hall–Kier alpha value is -2.31. The van der Waals surface area contributed by atoms with Crippen molar-refractivity contribution in [2.75, 3.05) is 6.67 Å². The summed E-state index contributed by atoms with van der Waals surface area (Å²) in [6.45, 7) is 1.38. The van der Waals surface area contributed by atoms with E-state index in [1.807, 2.05) is 54.1 Å². The minimum atomic E-state index is -0.607. The Morgan fingerprint density at radius 2 is 2.08 bits per heavy atom. The van der Waals surface area contributed by atoms with Gasteiger partial charge in [0.15, 0.2) is 0 Å². The Morgan fingerprint density at radius 1 is 1.20 bits per heavy atom. The number of aryl methyl sites for hydroxylation is 1. The van der Waals surface area contributed by atoms with E-state index in [9.17, 15) is 9.18 Å². The largest absolute Gasteiger partial charge is 0.289 e. The summed E-state index contributed by atoms with van der Waals surface area (Å²) < 4.78 is 14.6. The summed E-state index contributed by atoms with van der Waals surface area (Å²) >= 11 is 3.04. The van der Waals surface area contributed by atoms with E-state index in [0.29, 0.717) is 16.0 Å². The van der Waals surface area contributed by atoms with Crippen molar-refractivity contribution in [3.05, 3.63) is 63.1 Å². The molecule has 0 saturated heterocycles. The lowest BCUT2D eigenvalue weighted by molar-refractivity contribution is 0.441. The molecule has 0 spiro atoms. The Bertz CT molecular complexity index is 1100. The van der Waals surface area contributed by atoms with Crippen molar-refractivity contribution in [1.82, 2.24) is 9.55 Å². The summed E-state index contributed by atoms with van der Waals surface area (Å²) in [6, 6.07) is 11.7. The molecule has 0 fully saturated rings. The average Bonchev–Trinajstić information content (AvgIpc) is 3.26. The van der Waals surface area contributed by atoms with E-state index < -0.39 is 6.67 Å². The van der Waals surface area contributed by atoms with Crippen LogP contribution in [0.4, 0.5) is 4.39 Å². The quantitative estimate of drug-likeness (QED) is 0.499. The molecule has 3 heterocycles. The third-order valence-corrected chi connectivity index (χ3v) is 5.84. The van der Waals surface area contributed by atoms with Crippen LogP contribution < -0.4 is 5.56 Å². The topological polar surface area (TPSA) is 34.9 Å². The fourth-order valence-corrected chi connectivity index (χ4v) is 4.69. The van der Waals surface area contributed by atoms with Crippen LogP contribution in [0.15, 0.2) is 52.0 Å². The van der Waals surface area contributed by atoms with Crippen LogP contribution in [-0.2, 0) is 6.54 Å². The third kappa shape index (κ3) is 2.81. The third-order valence-electron chi connectivity index (χ3n) is 4.06. The number of thiophene rings is 2. The van der Waals surface area contributed by atoms with Crippen molar-refractivity contribution in [3.8, 4) is 21.8 Å². The molecule has 0 radical (unpaired) electrons. The second-order valence-electron chi connectivity index (χ2n) is 5.76. The van der Waals surface area contributed by atoms with E-state index in [1.54, 1.807) is 11.3 Å². The predicted octanol–water partition coefficient (Wildman–Crippen LogP) is 5.13. The van der Waals surface area contributed by atoms with Crippen LogP contribution in [-0.4, -0.2) is 16.2 Å². The molecule has 4 rings (SSSR count). The van der Waals surface area contributed by atoms with Crippen LogP contribution in [0.25, 0.3) is 32.0 Å². The van der Waals surface area contributed by atoms with Crippen LogP contribution in [0.2, 0.25) is 0 Å². The fourth-order valence-electron chi connectivity index (χ4n) is 2.93. The van der Waals surface area contributed by atoms with Crippen molar-refractivity contribution < 1.29 is 4.39 Å². The molecule has 0 bridgehead atoms. The number of hydrogen-bond acceptors (Lipinski definition) is 4. The van der Waals surface area contributed by atoms with E-state index in [1.165, 1.54) is 15.9 Å². The lowest BCUT2D eigenvalue weighted by Crippen LogP contribution is -2.24. The van der Waals surface area contributed by atoms with Gasteiger partial charge >= 0.3 is 0 Å². The fraction of sp³-hybridized carbons (Fsp3) is 0.158. The lowest BCUT2D eigenvalue weighted by atomic mass is 10.1. The molecule has 4 aromatic rings. The normalized spacial score (nSPS) is 11.3. The highest BCUT2D eigenvalue weighted by molar-refractivity contribution is 7.18. The minimum absolute atomic E-state index is 0.00474. The van der Waals surface area contributed by atoms with Crippen molar-refractivity contribution in [3.63, 3.8) is 0 Å². The number of aromatic nitrogens is 2.